The number of hydrazone groups is 1. The van der Waals surface area contributed by atoms with Crippen LogP contribution in [0.2, 0.25) is 0 Å². The Hall–Kier alpha value is -6.44. The van der Waals surface area contributed by atoms with E-state index in [9.17, 15) is 57.8 Å². The SMILES string of the molecule is C=CS(=O)(=O)c1cc(N=NC2=C(SOOO)CC3C=C(S(=O)(=O)O)/C(=N\Nc4ccc(S(=O)(=O)Nc5ccc(N=Nc6ccc(O)cc6O)cc5)cc4)C(=O)C3=C2N)c(S(=O)(=O)O)cc1SOOO. The van der Waals surface area contributed by atoms with Crippen LogP contribution in [0.1, 0.15) is 6.42 Å². The molecule has 0 bridgehead atoms. The number of phenolic OH excluding ortho intramolecular Hbond substituents is 2. The third-order valence-corrected chi connectivity index (χ3v) is 15.1. The number of nitrogens with zero attached hydrogens (tertiary/aromatic N) is 5. The predicted molar refractivity (Wildman–Crippen MR) is 241 cm³/mol. The van der Waals surface area contributed by atoms with E-state index < -0.39 is 106 Å². The van der Waals surface area contributed by atoms with Gasteiger partial charge in [0.25, 0.3) is 30.3 Å². The van der Waals surface area contributed by atoms with E-state index in [1.807, 2.05) is 0 Å². The van der Waals surface area contributed by atoms with E-state index >= 15 is 0 Å². The van der Waals surface area contributed by atoms with Crippen molar-refractivity contribution in [3.05, 3.63) is 124 Å². The van der Waals surface area contributed by atoms with Crippen molar-refractivity contribution in [1.29, 1.82) is 0 Å². The Kier molecular flexibility index (Phi) is 15.8. The quantitative estimate of drug-likeness (QED) is 0.0163. The highest BCUT2D eigenvalue weighted by Gasteiger charge is 2.42. The highest BCUT2D eigenvalue weighted by atomic mass is 32.2. The first-order valence-electron chi connectivity index (χ1n) is 18.2. The highest BCUT2D eigenvalue weighted by Crippen LogP contribution is 2.45. The van der Waals surface area contributed by atoms with E-state index in [1.54, 1.807) is 0 Å². The molecule has 4 aromatic rings. The summed E-state index contributed by atoms with van der Waals surface area (Å²) in [4.78, 5) is 10.3. The van der Waals surface area contributed by atoms with Crippen LogP contribution in [-0.2, 0) is 63.6 Å². The van der Waals surface area contributed by atoms with E-state index in [1.165, 1.54) is 48.5 Å². The maximum atomic E-state index is 14.1. The normalized spacial score (nSPS) is 16.6. The molecule has 6 rings (SSSR count). The Balaban J connectivity index is 1.29. The number of nitrogens with two attached hydrogens (primary N) is 1. The Morgan fingerprint density at radius 3 is 2.00 bits per heavy atom. The first kappa shape index (κ1) is 51.9. The second-order valence-corrected chi connectivity index (χ2v) is 21.3. The molecule has 0 spiro atoms. The number of anilines is 2. The number of sulfonamides is 1. The van der Waals surface area contributed by atoms with Gasteiger partial charge in [0, 0.05) is 33.6 Å². The highest BCUT2D eigenvalue weighted by molar-refractivity contribution is 7.98. The molecule has 0 saturated heterocycles. The number of fused-ring (bicyclic) bond motifs is 1. The molecular formula is C36H30N8O19S6. The number of phenols is 2. The average Bonchev–Trinajstić information content (AvgIpc) is 3.29. The van der Waals surface area contributed by atoms with Crippen molar-refractivity contribution >= 4 is 104 Å². The summed E-state index contributed by atoms with van der Waals surface area (Å²) >= 11 is 0.202. The molecule has 27 nitrogen and oxygen atoms in total. The van der Waals surface area contributed by atoms with Crippen LogP contribution in [0.3, 0.4) is 0 Å². The van der Waals surface area contributed by atoms with Gasteiger partial charge >= 0.3 is 0 Å². The molecule has 33 heteroatoms. The van der Waals surface area contributed by atoms with Crippen molar-refractivity contribution in [1.82, 2.24) is 0 Å². The maximum absolute atomic E-state index is 14.1. The lowest BCUT2D eigenvalue weighted by Gasteiger charge is -2.29. The number of sulfone groups is 1. The summed E-state index contributed by atoms with van der Waals surface area (Å²) in [6.45, 7) is 3.18. The number of hydrogen-bond acceptors (Lipinski definition) is 26. The number of hydrogen-bond donors (Lipinski definition) is 9. The van der Waals surface area contributed by atoms with E-state index in [4.69, 9.17) is 16.2 Å². The van der Waals surface area contributed by atoms with Crippen molar-refractivity contribution in [3.8, 4) is 11.5 Å². The number of allylic oxidation sites excluding steroid dienone is 4. The molecule has 0 fully saturated rings. The minimum absolute atomic E-state index is 0.00287. The molecule has 1 unspecified atom stereocenters. The van der Waals surface area contributed by atoms with Gasteiger partial charge in [0.2, 0.25) is 15.6 Å². The summed E-state index contributed by atoms with van der Waals surface area (Å²) in [6, 6.07) is 15.1. The fraction of sp³-hybridized carbons (Fsp3) is 0.0556. The smallest absolute Gasteiger partial charge is 0.296 e. The molecule has 2 aliphatic rings. The standard InChI is InChI=1S/C36H30N8O19S6/c1-2-66(50,51)30-16-25(29(68(54,55)56)17-27(30)64-62-60-48)41-42-34-28(65-63-61-49)13-18-14-31(69(57,58)59)35(36(47)32(18)33(34)37)43-39-20-7-10-23(11-8-20)67(52,53)44-21-5-3-19(4-6-21)38-40-24-12-9-22(45)15-26(24)46/h2-12,14-18,39,44-46,48-49H,1,13,37H2,(H,54,55,56)(H,57,58,59)/b40-38?,42-41?,43-35+. The summed E-state index contributed by atoms with van der Waals surface area (Å²) in [5.74, 6) is -3.03. The van der Waals surface area contributed by atoms with Gasteiger partial charge in [0.05, 0.1) is 55.8 Å². The van der Waals surface area contributed by atoms with Gasteiger partial charge < -0.3 is 15.9 Å². The molecule has 0 heterocycles. The Morgan fingerprint density at radius 2 is 1.39 bits per heavy atom. The minimum Gasteiger partial charge on any atom is -0.508 e. The number of carbonyl (C=O) groups is 1. The molecule has 2 aliphatic carbocycles. The summed E-state index contributed by atoms with van der Waals surface area (Å²) in [6.07, 6.45) is 0.424. The molecule has 0 aromatic heterocycles. The molecule has 0 saturated carbocycles. The second-order valence-electron chi connectivity index (χ2n) is 13.5. The van der Waals surface area contributed by atoms with Gasteiger partial charge in [-0.1, -0.05) is 22.7 Å². The van der Waals surface area contributed by atoms with Gasteiger partial charge in [-0.05, 0) is 79.2 Å². The molecule has 10 N–H and O–H groups in total. The van der Waals surface area contributed by atoms with E-state index in [0.717, 1.165) is 24.3 Å². The van der Waals surface area contributed by atoms with Gasteiger partial charge in [-0.3, -0.25) is 24.0 Å². The zero-order valence-electron chi connectivity index (χ0n) is 33.9. The fourth-order valence-electron chi connectivity index (χ4n) is 6.06. The Morgan fingerprint density at radius 1 is 0.754 bits per heavy atom. The van der Waals surface area contributed by atoms with Crippen molar-refractivity contribution in [2.45, 2.75) is 26.0 Å². The lowest BCUT2D eigenvalue weighted by atomic mass is 9.80. The molecule has 1 atom stereocenters. The number of azo groups is 2. The summed E-state index contributed by atoms with van der Waals surface area (Å²) in [5.41, 5.74) is 5.91. The van der Waals surface area contributed by atoms with Crippen LogP contribution in [0.15, 0.2) is 169 Å². The number of nitrogens with one attached hydrogen (secondary N) is 2. The lowest BCUT2D eigenvalue weighted by Crippen LogP contribution is -2.35. The average molecular weight is 1070 g/mol. The van der Waals surface area contributed by atoms with Crippen LogP contribution in [-0.4, -0.2) is 75.0 Å². The molecule has 364 valence electrons. The summed E-state index contributed by atoms with van der Waals surface area (Å²) in [5, 5.41) is 63.7. The molecule has 0 amide bonds. The second kappa shape index (κ2) is 21.1. The first-order valence-corrected chi connectivity index (χ1v) is 25.6. The van der Waals surface area contributed by atoms with Crippen LogP contribution in [0.5, 0.6) is 11.5 Å². The number of ketones is 1. The maximum Gasteiger partial charge on any atom is 0.296 e. The summed E-state index contributed by atoms with van der Waals surface area (Å²) < 4.78 is 134. The third-order valence-electron chi connectivity index (χ3n) is 9.13. The van der Waals surface area contributed by atoms with Gasteiger partial charge in [-0.25, -0.2) is 27.4 Å². The van der Waals surface area contributed by atoms with Crippen LogP contribution in [0.25, 0.3) is 0 Å². The first-order chi connectivity index (χ1) is 32.5. The lowest BCUT2D eigenvalue weighted by molar-refractivity contribution is -0.432. The predicted octanol–water partition coefficient (Wildman–Crippen LogP) is 6.33. The number of carbonyl (C=O) groups excluding carboxylic acids is 1. The number of Topliss-reactive ketones (excluding diaryl/α,β-unsaturated/α-hetero) is 1. The van der Waals surface area contributed by atoms with Crippen molar-refractivity contribution in [2.24, 2.45) is 37.2 Å². The number of aromatic hydroxyl groups is 2. The molecule has 69 heavy (non-hydrogen) atoms. The Bertz CT molecular complexity index is 3380. The molecular weight excluding hydrogens is 1040 g/mol. The van der Waals surface area contributed by atoms with Crippen molar-refractivity contribution in [3.63, 3.8) is 0 Å². The van der Waals surface area contributed by atoms with Gasteiger partial charge in [-0.15, -0.1) is 24.0 Å². The van der Waals surface area contributed by atoms with Crippen LogP contribution in [0, 0.1) is 5.92 Å². The molecule has 0 radical (unpaired) electrons. The fourth-order valence-corrected chi connectivity index (χ4v) is 10.8. The van der Waals surface area contributed by atoms with Gasteiger partial charge in [0.1, 0.15) is 38.4 Å². The van der Waals surface area contributed by atoms with Crippen molar-refractivity contribution < 1.29 is 87.0 Å². The molecule has 4 aromatic carbocycles. The monoisotopic (exact) mass is 1070 g/mol. The van der Waals surface area contributed by atoms with Crippen molar-refractivity contribution in [2.75, 3.05) is 10.1 Å². The zero-order valence-corrected chi connectivity index (χ0v) is 38.8. The van der Waals surface area contributed by atoms with Crippen LogP contribution >= 0.6 is 24.1 Å². The van der Waals surface area contributed by atoms with Gasteiger partial charge in [-0.2, -0.15) is 27.1 Å². The van der Waals surface area contributed by atoms with E-state index in [0.29, 0.717) is 17.5 Å². The Labute approximate surface area is 397 Å². The number of benzene rings is 4. The van der Waals surface area contributed by atoms with Crippen LogP contribution in [0.4, 0.5) is 28.4 Å². The minimum atomic E-state index is -5.27. The largest absolute Gasteiger partial charge is 0.508 e. The van der Waals surface area contributed by atoms with E-state index in [2.05, 4.69) is 61.0 Å². The third kappa shape index (κ3) is 12.2. The van der Waals surface area contributed by atoms with Gasteiger partial charge in [0.15, 0.2) is 5.71 Å². The van der Waals surface area contributed by atoms with Crippen LogP contribution < -0.4 is 15.9 Å². The number of rotatable bonds is 19. The van der Waals surface area contributed by atoms with E-state index in [-0.39, 0.29) is 68.1 Å². The summed E-state index contributed by atoms with van der Waals surface area (Å²) in [7, 11) is -19.2. The zero-order chi connectivity index (χ0) is 50.5. The topological polar surface area (TPSA) is 424 Å². The molecule has 0 aliphatic heterocycles.